The first-order chi connectivity index (χ1) is 8.06. The Bertz CT molecular complexity index is 354. The third kappa shape index (κ3) is 4.21. The highest BCUT2D eigenvalue weighted by Crippen LogP contribution is 2.20. The number of alkyl halides is 2. The number of anilines is 1. The van der Waals surface area contributed by atoms with Gasteiger partial charge in [0, 0.05) is 5.69 Å². The number of carbonyl (C=O) groups excluding carboxylic acids is 1. The van der Waals surface area contributed by atoms with Crippen molar-refractivity contribution in [2.45, 2.75) is 25.6 Å². The minimum absolute atomic E-state index is 0.115. The van der Waals surface area contributed by atoms with Crippen molar-refractivity contribution in [1.29, 1.82) is 0 Å². The SMILES string of the molecule is CC(C)CC(Cl)C(=O)N(CCl)c1ccccc1. The summed E-state index contributed by atoms with van der Waals surface area (Å²) >= 11 is 11.9. The Morgan fingerprint density at radius 1 is 1.29 bits per heavy atom. The van der Waals surface area contributed by atoms with E-state index in [0.29, 0.717) is 12.3 Å². The number of carbonyl (C=O) groups is 1. The molecular weight excluding hydrogens is 257 g/mol. The topological polar surface area (TPSA) is 20.3 Å². The smallest absolute Gasteiger partial charge is 0.246 e. The molecule has 94 valence electrons. The van der Waals surface area contributed by atoms with E-state index >= 15 is 0 Å². The molecule has 2 nitrogen and oxygen atoms in total. The maximum Gasteiger partial charge on any atom is 0.246 e. The monoisotopic (exact) mass is 273 g/mol. The fourth-order valence-electron chi connectivity index (χ4n) is 1.55. The summed E-state index contributed by atoms with van der Waals surface area (Å²) in [4.78, 5) is 13.6. The Balaban J connectivity index is 2.78. The van der Waals surface area contributed by atoms with E-state index in [4.69, 9.17) is 23.2 Å². The Hall–Kier alpha value is -0.730. The van der Waals surface area contributed by atoms with Crippen LogP contribution in [-0.4, -0.2) is 17.3 Å². The van der Waals surface area contributed by atoms with Crippen molar-refractivity contribution in [3.8, 4) is 0 Å². The summed E-state index contributed by atoms with van der Waals surface area (Å²) in [7, 11) is 0. The maximum absolute atomic E-state index is 12.1. The number of hydrogen-bond donors (Lipinski definition) is 0. The second kappa shape index (κ2) is 6.87. The van der Waals surface area contributed by atoms with Gasteiger partial charge >= 0.3 is 0 Å². The lowest BCUT2D eigenvalue weighted by Gasteiger charge is -2.23. The lowest BCUT2D eigenvalue weighted by Crippen LogP contribution is -2.36. The van der Waals surface area contributed by atoms with Crippen LogP contribution < -0.4 is 4.90 Å². The lowest BCUT2D eigenvalue weighted by atomic mass is 10.1. The number of amides is 1. The van der Waals surface area contributed by atoms with Crippen LogP contribution in [0, 0.1) is 5.92 Å². The molecule has 0 saturated carbocycles. The van der Waals surface area contributed by atoms with Crippen LogP contribution in [0.1, 0.15) is 20.3 Å². The third-order valence-electron chi connectivity index (χ3n) is 2.40. The molecule has 0 heterocycles. The minimum Gasteiger partial charge on any atom is -0.297 e. The van der Waals surface area contributed by atoms with Crippen LogP contribution in [-0.2, 0) is 4.79 Å². The first kappa shape index (κ1) is 14.3. The molecule has 17 heavy (non-hydrogen) atoms. The van der Waals surface area contributed by atoms with Crippen LogP contribution in [0.2, 0.25) is 0 Å². The first-order valence-corrected chi connectivity index (χ1v) is 6.59. The summed E-state index contributed by atoms with van der Waals surface area (Å²) in [5.74, 6) is 0.246. The molecule has 0 aliphatic carbocycles. The van der Waals surface area contributed by atoms with E-state index in [1.807, 2.05) is 44.2 Å². The van der Waals surface area contributed by atoms with Gasteiger partial charge in [0.15, 0.2) is 0 Å². The molecule has 0 spiro atoms. The van der Waals surface area contributed by atoms with Gasteiger partial charge in [0.1, 0.15) is 11.4 Å². The molecule has 1 rings (SSSR count). The summed E-state index contributed by atoms with van der Waals surface area (Å²) in [6.07, 6.45) is 0.653. The fourth-order valence-corrected chi connectivity index (χ4v) is 2.28. The average molecular weight is 274 g/mol. The van der Waals surface area contributed by atoms with Gasteiger partial charge in [0.2, 0.25) is 5.91 Å². The molecule has 0 saturated heterocycles. The molecule has 0 N–H and O–H groups in total. The summed E-state index contributed by atoms with van der Waals surface area (Å²) in [6, 6.07) is 9.44. The number of nitrogens with zero attached hydrogens (tertiary/aromatic N) is 1. The van der Waals surface area contributed by atoms with Gasteiger partial charge in [0.25, 0.3) is 0 Å². The molecule has 0 aliphatic rings. The molecule has 1 amide bonds. The third-order valence-corrected chi connectivity index (χ3v) is 3.00. The second-order valence-corrected chi connectivity index (χ2v) is 5.08. The minimum atomic E-state index is -0.519. The Morgan fingerprint density at radius 3 is 2.35 bits per heavy atom. The lowest BCUT2D eigenvalue weighted by molar-refractivity contribution is -0.118. The van der Waals surface area contributed by atoms with Crippen LogP contribution >= 0.6 is 23.2 Å². The van der Waals surface area contributed by atoms with E-state index in [9.17, 15) is 4.79 Å². The van der Waals surface area contributed by atoms with Crippen LogP contribution in [0.3, 0.4) is 0 Å². The highest BCUT2D eigenvalue weighted by atomic mass is 35.5. The predicted molar refractivity (Wildman–Crippen MR) is 73.7 cm³/mol. The molecule has 0 bridgehead atoms. The van der Waals surface area contributed by atoms with Crippen molar-refractivity contribution in [2.24, 2.45) is 5.92 Å². The molecule has 1 aromatic carbocycles. The van der Waals surface area contributed by atoms with Crippen molar-refractivity contribution in [1.82, 2.24) is 0 Å². The quantitative estimate of drug-likeness (QED) is 0.589. The van der Waals surface area contributed by atoms with Crippen LogP contribution in [0.5, 0.6) is 0 Å². The highest BCUT2D eigenvalue weighted by Gasteiger charge is 2.23. The largest absolute Gasteiger partial charge is 0.297 e. The van der Waals surface area contributed by atoms with Gasteiger partial charge < -0.3 is 0 Å². The number of rotatable bonds is 5. The standard InChI is InChI=1S/C13H17Cl2NO/c1-10(2)8-12(15)13(17)16(9-14)11-6-4-3-5-7-11/h3-7,10,12H,8-9H2,1-2H3. The van der Waals surface area contributed by atoms with Crippen molar-refractivity contribution in [3.05, 3.63) is 30.3 Å². The normalized spacial score (nSPS) is 12.5. The summed E-state index contributed by atoms with van der Waals surface area (Å²) in [5, 5.41) is -0.519. The molecule has 1 atom stereocenters. The van der Waals surface area contributed by atoms with Crippen molar-refractivity contribution < 1.29 is 4.79 Å². The molecule has 4 heteroatoms. The Kier molecular flexibility index (Phi) is 5.79. The van der Waals surface area contributed by atoms with E-state index in [1.54, 1.807) is 0 Å². The number of hydrogen-bond acceptors (Lipinski definition) is 1. The van der Waals surface area contributed by atoms with Crippen LogP contribution in [0.4, 0.5) is 5.69 Å². The molecular formula is C13H17Cl2NO. The zero-order chi connectivity index (χ0) is 12.8. The molecule has 0 aromatic heterocycles. The van der Waals surface area contributed by atoms with Gasteiger partial charge in [0.05, 0.1) is 0 Å². The van der Waals surface area contributed by atoms with Crippen LogP contribution in [0.15, 0.2) is 30.3 Å². The highest BCUT2D eigenvalue weighted by molar-refractivity contribution is 6.34. The van der Waals surface area contributed by atoms with Crippen molar-refractivity contribution >= 4 is 34.8 Å². The predicted octanol–water partition coefficient (Wildman–Crippen LogP) is 3.87. The van der Waals surface area contributed by atoms with Gasteiger partial charge in [-0.2, -0.15) is 0 Å². The van der Waals surface area contributed by atoms with Gasteiger partial charge in [-0.15, -0.1) is 23.2 Å². The molecule has 0 fully saturated rings. The van der Waals surface area contributed by atoms with Gasteiger partial charge in [-0.05, 0) is 24.5 Å². The van der Waals surface area contributed by atoms with Crippen molar-refractivity contribution in [2.75, 3.05) is 10.9 Å². The van der Waals surface area contributed by atoms with Crippen LogP contribution in [0.25, 0.3) is 0 Å². The molecule has 0 radical (unpaired) electrons. The summed E-state index contributed by atoms with van der Waals surface area (Å²) < 4.78 is 0. The van der Waals surface area contributed by atoms with Gasteiger partial charge in [-0.3, -0.25) is 9.69 Å². The van der Waals surface area contributed by atoms with Crippen molar-refractivity contribution in [3.63, 3.8) is 0 Å². The molecule has 1 unspecified atom stereocenters. The Labute approximate surface area is 113 Å². The van der Waals surface area contributed by atoms with E-state index < -0.39 is 5.38 Å². The average Bonchev–Trinajstić information content (AvgIpc) is 2.30. The summed E-state index contributed by atoms with van der Waals surface area (Å²) in [6.45, 7) is 4.08. The number of halogens is 2. The zero-order valence-corrected chi connectivity index (χ0v) is 11.6. The van der Waals surface area contributed by atoms with E-state index in [0.717, 1.165) is 5.69 Å². The number of benzene rings is 1. The Morgan fingerprint density at radius 2 is 1.88 bits per heavy atom. The van der Waals surface area contributed by atoms with E-state index in [1.165, 1.54) is 4.90 Å². The zero-order valence-electron chi connectivity index (χ0n) is 10.1. The first-order valence-electron chi connectivity index (χ1n) is 5.62. The maximum atomic E-state index is 12.1. The second-order valence-electron chi connectivity index (χ2n) is 4.32. The van der Waals surface area contributed by atoms with E-state index in [-0.39, 0.29) is 11.9 Å². The molecule has 0 aliphatic heterocycles. The van der Waals surface area contributed by atoms with Gasteiger partial charge in [-0.25, -0.2) is 0 Å². The summed E-state index contributed by atoms with van der Waals surface area (Å²) in [5.41, 5.74) is 0.780. The number of para-hydroxylation sites is 1. The van der Waals surface area contributed by atoms with E-state index in [2.05, 4.69) is 0 Å². The fraction of sp³-hybridized carbons (Fsp3) is 0.462. The van der Waals surface area contributed by atoms with Gasteiger partial charge in [-0.1, -0.05) is 32.0 Å². The molecule has 1 aromatic rings.